The molecule has 0 fully saturated rings. The van der Waals surface area contributed by atoms with Crippen LogP contribution in [0.2, 0.25) is 0 Å². The molecule has 3 N–H and O–H groups in total. The Hall–Kier alpha value is -4.12. The van der Waals surface area contributed by atoms with Crippen LogP contribution >= 0.6 is 0 Å². The summed E-state index contributed by atoms with van der Waals surface area (Å²) in [5, 5.41) is 30.9. The van der Waals surface area contributed by atoms with E-state index >= 15 is 0 Å². The maximum atomic E-state index is 10.4. The SMILES string of the molecule is Cc1ccc(O)c(C)c1Oc1cccc(N(c2cccc(O)c2C)c2cccc(O)c2C)c1. The summed E-state index contributed by atoms with van der Waals surface area (Å²) in [4.78, 5) is 1.99. The molecular formula is C28H27NO4. The lowest BCUT2D eigenvalue weighted by atomic mass is 10.1. The highest BCUT2D eigenvalue weighted by molar-refractivity contribution is 5.82. The van der Waals surface area contributed by atoms with Crippen LogP contribution in [-0.4, -0.2) is 15.3 Å². The summed E-state index contributed by atoms with van der Waals surface area (Å²) >= 11 is 0. The first-order valence-electron chi connectivity index (χ1n) is 10.7. The highest BCUT2D eigenvalue weighted by Gasteiger charge is 2.20. The molecule has 0 saturated carbocycles. The summed E-state index contributed by atoms with van der Waals surface area (Å²) in [6, 6.07) is 21.8. The van der Waals surface area contributed by atoms with Crippen LogP contribution in [0.5, 0.6) is 28.7 Å². The maximum Gasteiger partial charge on any atom is 0.136 e. The standard InChI is InChI=1S/C28H27NO4/c1-17-14-15-27(32)20(4)28(17)33-22-9-5-8-21(16-22)29(23-10-6-12-25(30)18(23)2)24-11-7-13-26(31)19(24)3/h5-16,30-32H,1-4H3. The number of anilines is 3. The van der Waals surface area contributed by atoms with Crippen molar-refractivity contribution >= 4 is 17.1 Å². The molecule has 0 aromatic heterocycles. The minimum absolute atomic E-state index is 0.180. The minimum atomic E-state index is 0.180. The van der Waals surface area contributed by atoms with Crippen molar-refractivity contribution in [3.63, 3.8) is 0 Å². The smallest absolute Gasteiger partial charge is 0.136 e. The van der Waals surface area contributed by atoms with Crippen molar-refractivity contribution in [2.75, 3.05) is 4.90 Å². The first-order chi connectivity index (χ1) is 15.8. The molecular weight excluding hydrogens is 414 g/mol. The summed E-state index contributed by atoms with van der Waals surface area (Å²) in [5.74, 6) is 1.77. The van der Waals surface area contributed by atoms with Gasteiger partial charge in [-0.1, -0.05) is 24.3 Å². The lowest BCUT2D eigenvalue weighted by Gasteiger charge is -2.29. The molecule has 0 radical (unpaired) electrons. The fourth-order valence-corrected chi connectivity index (χ4v) is 3.89. The maximum absolute atomic E-state index is 10.4. The van der Waals surface area contributed by atoms with Crippen LogP contribution in [0.1, 0.15) is 22.3 Å². The Balaban J connectivity index is 1.87. The zero-order valence-electron chi connectivity index (χ0n) is 19.1. The Morgan fingerprint density at radius 1 is 0.606 bits per heavy atom. The van der Waals surface area contributed by atoms with E-state index in [0.29, 0.717) is 28.2 Å². The van der Waals surface area contributed by atoms with Crippen LogP contribution in [0.3, 0.4) is 0 Å². The highest BCUT2D eigenvalue weighted by Crippen LogP contribution is 2.43. The lowest BCUT2D eigenvalue weighted by Crippen LogP contribution is -2.12. The number of nitrogens with zero attached hydrogens (tertiary/aromatic N) is 1. The van der Waals surface area contributed by atoms with Gasteiger partial charge >= 0.3 is 0 Å². The molecule has 4 aromatic rings. The molecule has 33 heavy (non-hydrogen) atoms. The van der Waals surface area contributed by atoms with Crippen LogP contribution in [0.15, 0.2) is 72.8 Å². The summed E-state index contributed by atoms with van der Waals surface area (Å²) < 4.78 is 6.21. The first kappa shape index (κ1) is 22.1. The van der Waals surface area contributed by atoms with Gasteiger partial charge in [-0.2, -0.15) is 0 Å². The first-order valence-corrected chi connectivity index (χ1v) is 10.7. The average Bonchev–Trinajstić information content (AvgIpc) is 2.80. The molecule has 168 valence electrons. The lowest BCUT2D eigenvalue weighted by molar-refractivity contribution is 0.446. The number of aryl methyl sites for hydroxylation is 1. The van der Waals surface area contributed by atoms with Gasteiger partial charge in [-0.05, 0) is 75.7 Å². The van der Waals surface area contributed by atoms with E-state index in [1.165, 1.54) is 0 Å². The van der Waals surface area contributed by atoms with Gasteiger partial charge in [0, 0.05) is 28.4 Å². The second kappa shape index (κ2) is 8.79. The van der Waals surface area contributed by atoms with Gasteiger partial charge < -0.3 is 25.0 Å². The predicted molar refractivity (Wildman–Crippen MR) is 132 cm³/mol. The molecule has 5 nitrogen and oxygen atoms in total. The van der Waals surface area contributed by atoms with E-state index in [1.54, 1.807) is 30.3 Å². The van der Waals surface area contributed by atoms with Crippen molar-refractivity contribution in [2.45, 2.75) is 27.7 Å². The van der Waals surface area contributed by atoms with Crippen molar-refractivity contribution in [1.82, 2.24) is 0 Å². The molecule has 4 aromatic carbocycles. The molecule has 4 rings (SSSR count). The van der Waals surface area contributed by atoms with E-state index in [2.05, 4.69) is 0 Å². The zero-order valence-corrected chi connectivity index (χ0v) is 19.1. The van der Waals surface area contributed by atoms with Gasteiger partial charge in [0.25, 0.3) is 0 Å². The second-order valence-electron chi connectivity index (χ2n) is 8.13. The van der Waals surface area contributed by atoms with Crippen molar-refractivity contribution < 1.29 is 20.1 Å². The number of phenolic OH excluding ortho intramolecular Hbond substituents is 3. The van der Waals surface area contributed by atoms with E-state index in [0.717, 1.165) is 22.6 Å². The quantitative estimate of drug-likeness (QED) is 0.303. The van der Waals surface area contributed by atoms with Gasteiger partial charge in [0.2, 0.25) is 0 Å². The van der Waals surface area contributed by atoms with Gasteiger partial charge in [-0.15, -0.1) is 0 Å². The molecule has 0 amide bonds. The number of phenols is 3. The molecule has 0 heterocycles. The predicted octanol–water partition coefficient (Wildman–Crippen LogP) is 7.30. The van der Waals surface area contributed by atoms with Crippen LogP contribution in [0.25, 0.3) is 0 Å². The number of benzene rings is 4. The van der Waals surface area contributed by atoms with Crippen molar-refractivity contribution in [3.05, 3.63) is 95.1 Å². The van der Waals surface area contributed by atoms with Gasteiger partial charge in [-0.25, -0.2) is 0 Å². The summed E-state index contributed by atoms with van der Waals surface area (Å²) in [6.45, 7) is 7.47. The Kier molecular flexibility index (Phi) is 5.88. The van der Waals surface area contributed by atoms with E-state index in [-0.39, 0.29) is 17.2 Å². The van der Waals surface area contributed by atoms with Crippen LogP contribution in [0, 0.1) is 27.7 Å². The van der Waals surface area contributed by atoms with Crippen molar-refractivity contribution in [2.24, 2.45) is 0 Å². The van der Waals surface area contributed by atoms with Crippen molar-refractivity contribution in [1.29, 1.82) is 0 Å². The molecule has 0 saturated heterocycles. The van der Waals surface area contributed by atoms with Crippen LogP contribution in [0.4, 0.5) is 17.1 Å². The highest BCUT2D eigenvalue weighted by atomic mass is 16.5. The molecule has 0 bridgehead atoms. The molecule has 0 atom stereocenters. The Morgan fingerprint density at radius 2 is 1.15 bits per heavy atom. The van der Waals surface area contributed by atoms with E-state index in [9.17, 15) is 15.3 Å². The molecule has 0 aliphatic heterocycles. The van der Waals surface area contributed by atoms with Gasteiger partial charge in [0.1, 0.15) is 28.7 Å². The zero-order chi connectivity index (χ0) is 23.7. The monoisotopic (exact) mass is 441 g/mol. The van der Waals surface area contributed by atoms with Gasteiger partial charge in [0.15, 0.2) is 0 Å². The fraction of sp³-hybridized carbons (Fsp3) is 0.143. The Bertz CT molecular complexity index is 1280. The van der Waals surface area contributed by atoms with Crippen molar-refractivity contribution in [3.8, 4) is 28.7 Å². The number of hydrogen-bond donors (Lipinski definition) is 3. The molecule has 5 heteroatoms. The van der Waals surface area contributed by atoms with Crippen LogP contribution in [-0.2, 0) is 0 Å². The molecule has 0 aliphatic rings. The molecule has 0 spiro atoms. The summed E-state index contributed by atoms with van der Waals surface area (Å²) in [7, 11) is 0. The molecule has 0 unspecified atom stereocenters. The van der Waals surface area contributed by atoms with Gasteiger partial charge in [-0.3, -0.25) is 0 Å². The van der Waals surface area contributed by atoms with Gasteiger partial charge in [0.05, 0.1) is 11.4 Å². The van der Waals surface area contributed by atoms with E-state index in [4.69, 9.17) is 4.74 Å². The summed E-state index contributed by atoms with van der Waals surface area (Å²) in [5.41, 5.74) is 5.38. The molecule has 0 aliphatic carbocycles. The summed E-state index contributed by atoms with van der Waals surface area (Å²) in [6.07, 6.45) is 0. The third-order valence-electron chi connectivity index (χ3n) is 5.90. The topological polar surface area (TPSA) is 73.2 Å². The second-order valence-corrected chi connectivity index (χ2v) is 8.13. The average molecular weight is 442 g/mol. The fourth-order valence-electron chi connectivity index (χ4n) is 3.89. The van der Waals surface area contributed by atoms with E-state index < -0.39 is 0 Å². The largest absolute Gasteiger partial charge is 0.508 e. The van der Waals surface area contributed by atoms with Crippen LogP contribution < -0.4 is 9.64 Å². The Morgan fingerprint density at radius 3 is 1.76 bits per heavy atom. The third kappa shape index (κ3) is 4.17. The number of hydrogen-bond acceptors (Lipinski definition) is 5. The normalized spacial score (nSPS) is 10.8. The third-order valence-corrected chi connectivity index (χ3v) is 5.90. The number of rotatable bonds is 5. The van der Waals surface area contributed by atoms with E-state index in [1.807, 2.05) is 75.1 Å². The minimum Gasteiger partial charge on any atom is -0.508 e. The Labute approximate surface area is 193 Å². The number of ether oxygens (including phenoxy) is 1. The number of aromatic hydroxyl groups is 3.